The van der Waals surface area contributed by atoms with E-state index in [1.807, 2.05) is 31.3 Å². The molecule has 2 aromatic rings. The molecule has 0 aliphatic carbocycles. The monoisotopic (exact) mass is 353 g/mol. The highest BCUT2D eigenvalue weighted by Crippen LogP contribution is 2.30. The van der Waals surface area contributed by atoms with Crippen molar-refractivity contribution in [1.82, 2.24) is 19.9 Å². The zero-order valence-electron chi connectivity index (χ0n) is 14.3. The second kappa shape index (κ2) is 7.03. The molecule has 1 aliphatic heterocycles. The molecule has 8 heteroatoms. The molecular weight excluding hydrogens is 331 g/mol. The second-order valence-corrected chi connectivity index (χ2v) is 6.63. The van der Waals surface area contributed by atoms with Crippen molar-refractivity contribution >= 4 is 5.69 Å². The minimum atomic E-state index is -4.37. The number of fused-ring (bicyclic) bond motifs is 1. The van der Waals surface area contributed by atoms with Crippen LogP contribution in [0, 0.1) is 5.92 Å². The Labute approximate surface area is 144 Å². The molecule has 1 atom stereocenters. The summed E-state index contributed by atoms with van der Waals surface area (Å²) in [6, 6.07) is 1.97. The van der Waals surface area contributed by atoms with Crippen LogP contribution < -0.4 is 10.2 Å². The summed E-state index contributed by atoms with van der Waals surface area (Å²) in [7, 11) is 3.97. The molecule has 0 radical (unpaired) electrons. The number of alkyl halides is 3. The fourth-order valence-electron chi connectivity index (χ4n) is 3.22. The van der Waals surface area contributed by atoms with E-state index in [0.717, 1.165) is 30.4 Å². The van der Waals surface area contributed by atoms with E-state index in [-0.39, 0.29) is 0 Å². The zero-order chi connectivity index (χ0) is 18.0. The summed E-state index contributed by atoms with van der Waals surface area (Å²) in [6.07, 6.45) is 1.78. The molecule has 0 saturated carbocycles. The lowest BCUT2D eigenvalue weighted by Crippen LogP contribution is -2.30. The van der Waals surface area contributed by atoms with Crippen molar-refractivity contribution in [2.24, 2.45) is 5.92 Å². The Balaban J connectivity index is 1.57. The minimum absolute atomic E-state index is 0.294. The Bertz CT molecular complexity index is 723. The van der Waals surface area contributed by atoms with Gasteiger partial charge in [0.15, 0.2) is 5.69 Å². The molecule has 3 heterocycles. The van der Waals surface area contributed by atoms with Gasteiger partial charge in [-0.05, 0) is 24.9 Å². The first-order chi connectivity index (χ1) is 11.8. The van der Waals surface area contributed by atoms with Crippen molar-refractivity contribution in [2.45, 2.75) is 32.1 Å². The average molecular weight is 353 g/mol. The molecule has 5 nitrogen and oxygen atoms in total. The standard InChI is InChI=1S/C17H22F3N5/c1-24(2)14-5-6-21-8-13(14)9-22-7-12-3-4-16-23-15(17(18,19)20)11-25(16)10-12/h5-6,8,11-12,22H,3-4,7,9-10H2,1-2H3. The Hall–Kier alpha value is -2.09. The number of imidazole rings is 1. The molecule has 1 unspecified atom stereocenters. The molecule has 25 heavy (non-hydrogen) atoms. The van der Waals surface area contributed by atoms with E-state index in [4.69, 9.17) is 0 Å². The van der Waals surface area contributed by atoms with Crippen LogP contribution >= 0.6 is 0 Å². The summed E-state index contributed by atoms with van der Waals surface area (Å²) in [6.45, 7) is 2.00. The summed E-state index contributed by atoms with van der Waals surface area (Å²) < 4.78 is 39.9. The van der Waals surface area contributed by atoms with Gasteiger partial charge in [0, 0.05) is 63.4 Å². The number of aryl methyl sites for hydroxylation is 1. The van der Waals surface area contributed by atoms with Crippen molar-refractivity contribution in [2.75, 3.05) is 25.5 Å². The van der Waals surface area contributed by atoms with Gasteiger partial charge in [0.25, 0.3) is 0 Å². The molecule has 0 saturated heterocycles. The maximum Gasteiger partial charge on any atom is 0.434 e. The lowest BCUT2D eigenvalue weighted by molar-refractivity contribution is -0.141. The molecule has 3 rings (SSSR count). The molecule has 0 amide bonds. The number of aromatic nitrogens is 3. The quantitative estimate of drug-likeness (QED) is 0.898. The third-order valence-corrected chi connectivity index (χ3v) is 4.49. The Morgan fingerprint density at radius 1 is 1.36 bits per heavy atom. The largest absolute Gasteiger partial charge is 0.434 e. The van der Waals surface area contributed by atoms with E-state index in [0.29, 0.717) is 31.3 Å². The summed E-state index contributed by atoms with van der Waals surface area (Å²) in [5.74, 6) is 0.827. The molecule has 2 aromatic heterocycles. The van der Waals surface area contributed by atoms with Gasteiger partial charge in [-0.1, -0.05) is 0 Å². The third kappa shape index (κ3) is 4.12. The van der Waals surface area contributed by atoms with Crippen molar-refractivity contribution in [3.05, 3.63) is 41.7 Å². The number of halogens is 3. The molecule has 0 fully saturated rings. The average Bonchev–Trinajstić information content (AvgIpc) is 2.99. The first kappa shape index (κ1) is 17.7. The smallest absolute Gasteiger partial charge is 0.377 e. The second-order valence-electron chi connectivity index (χ2n) is 6.63. The van der Waals surface area contributed by atoms with Gasteiger partial charge in [-0.2, -0.15) is 13.2 Å². The number of nitrogens with zero attached hydrogens (tertiary/aromatic N) is 4. The Morgan fingerprint density at radius 2 is 2.16 bits per heavy atom. The van der Waals surface area contributed by atoms with E-state index in [1.165, 1.54) is 0 Å². The van der Waals surface area contributed by atoms with Crippen LogP contribution in [0.4, 0.5) is 18.9 Å². The van der Waals surface area contributed by atoms with Crippen molar-refractivity contribution < 1.29 is 13.2 Å². The van der Waals surface area contributed by atoms with Crippen LogP contribution in [0.5, 0.6) is 0 Å². The molecule has 0 spiro atoms. The van der Waals surface area contributed by atoms with Gasteiger partial charge >= 0.3 is 6.18 Å². The summed E-state index contributed by atoms with van der Waals surface area (Å²) in [4.78, 5) is 9.92. The van der Waals surface area contributed by atoms with E-state index < -0.39 is 11.9 Å². The number of nitrogens with one attached hydrogen (secondary N) is 1. The molecule has 0 bridgehead atoms. The number of hydrogen-bond acceptors (Lipinski definition) is 4. The molecule has 136 valence electrons. The van der Waals surface area contributed by atoms with Gasteiger partial charge in [-0.3, -0.25) is 4.98 Å². The highest BCUT2D eigenvalue weighted by molar-refractivity contribution is 5.50. The first-order valence-electron chi connectivity index (χ1n) is 8.28. The van der Waals surface area contributed by atoms with Crippen LogP contribution in [-0.4, -0.2) is 35.2 Å². The number of anilines is 1. The lowest BCUT2D eigenvalue weighted by Gasteiger charge is -2.24. The van der Waals surface area contributed by atoms with Gasteiger partial charge in [0.2, 0.25) is 0 Å². The van der Waals surface area contributed by atoms with Gasteiger partial charge in [-0.25, -0.2) is 4.98 Å². The van der Waals surface area contributed by atoms with Gasteiger partial charge in [-0.15, -0.1) is 0 Å². The molecule has 0 aromatic carbocycles. The highest BCUT2D eigenvalue weighted by atomic mass is 19.4. The zero-order valence-corrected chi connectivity index (χ0v) is 14.3. The third-order valence-electron chi connectivity index (χ3n) is 4.49. The van der Waals surface area contributed by atoms with Crippen LogP contribution in [0.1, 0.15) is 23.5 Å². The van der Waals surface area contributed by atoms with E-state index in [1.54, 1.807) is 10.8 Å². The number of hydrogen-bond donors (Lipinski definition) is 1. The lowest BCUT2D eigenvalue weighted by atomic mass is 9.99. The highest BCUT2D eigenvalue weighted by Gasteiger charge is 2.35. The van der Waals surface area contributed by atoms with E-state index >= 15 is 0 Å². The molecule has 1 aliphatic rings. The predicted octanol–water partition coefficient (Wildman–Crippen LogP) is 2.72. The first-order valence-corrected chi connectivity index (χ1v) is 8.28. The van der Waals surface area contributed by atoms with Crippen molar-refractivity contribution in [3.63, 3.8) is 0 Å². The van der Waals surface area contributed by atoms with Crippen LogP contribution in [0.3, 0.4) is 0 Å². The number of pyridine rings is 1. The van der Waals surface area contributed by atoms with Gasteiger partial charge in [0.1, 0.15) is 5.82 Å². The van der Waals surface area contributed by atoms with E-state index in [9.17, 15) is 13.2 Å². The van der Waals surface area contributed by atoms with Crippen LogP contribution in [0.25, 0.3) is 0 Å². The summed E-state index contributed by atoms with van der Waals surface area (Å²) in [5.41, 5.74) is 1.42. The normalized spacial score (nSPS) is 17.4. The predicted molar refractivity (Wildman–Crippen MR) is 89.3 cm³/mol. The van der Waals surface area contributed by atoms with Gasteiger partial charge < -0.3 is 14.8 Å². The van der Waals surface area contributed by atoms with Crippen LogP contribution in [0.2, 0.25) is 0 Å². The van der Waals surface area contributed by atoms with Crippen molar-refractivity contribution in [3.8, 4) is 0 Å². The van der Waals surface area contributed by atoms with Crippen LogP contribution in [-0.2, 0) is 25.7 Å². The fourth-order valence-corrected chi connectivity index (χ4v) is 3.22. The Morgan fingerprint density at radius 3 is 2.88 bits per heavy atom. The van der Waals surface area contributed by atoms with Crippen molar-refractivity contribution in [1.29, 1.82) is 0 Å². The van der Waals surface area contributed by atoms with E-state index in [2.05, 4.69) is 15.3 Å². The molecule has 1 N–H and O–H groups in total. The molecular formula is C17H22F3N5. The minimum Gasteiger partial charge on any atom is -0.377 e. The fraction of sp³-hybridized carbons (Fsp3) is 0.529. The summed E-state index contributed by atoms with van der Waals surface area (Å²) >= 11 is 0. The van der Waals surface area contributed by atoms with Crippen LogP contribution in [0.15, 0.2) is 24.7 Å². The SMILES string of the molecule is CN(C)c1ccncc1CNCC1CCc2nc(C(F)(F)F)cn2C1. The summed E-state index contributed by atoms with van der Waals surface area (Å²) in [5, 5.41) is 3.41. The maximum absolute atomic E-state index is 12.8. The maximum atomic E-state index is 12.8. The Kier molecular flexibility index (Phi) is 4.99. The topological polar surface area (TPSA) is 46.0 Å². The van der Waals surface area contributed by atoms with Gasteiger partial charge in [0.05, 0.1) is 0 Å². The number of rotatable bonds is 5.